The van der Waals surface area contributed by atoms with E-state index in [1.165, 1.54) is 0 Å². The van der Waals surface area contributed by atoms with E-state index in [2.05, 4.69) is 5.11 Å². The van der Waals surface area contributed by atoms with Crippen molar-refractivity contribution >= 4 is 0 Å². The van der Waals surface area contributed by atoms with Gasteiger partial charge in [0.25, 0.3) is 0 Å². The predicted octanol–water partition coefficient (Wildman–Crippen LogP) is 3.21. The van der Waals surface area contributed by atoms with E-state index >= 15 is 0 Å². The standard InChI is InChI=1S/C13H20N2O2/c1-11(10-15(16)14-13(2,3)4)17-12-8-6-5-7-9-12/h5-9,11H,10H2,1-4H3. The van der Waals surface area contributed by atoms with E-state index in [1.54, 1.807) is 0 Å². The first-order valence-corrected chi connectivity index (χ1v) is 5.76. The quantitative estimate of drug-likeness (QED) is 0.458. The molecule has 1 aromatic carbocycles. The number of rotatable bonds is 4. The van der Waals surface area contributed by atoms with Gasteiger partial charge >= 0.3 is 0 Å². The fourth-order valence-electron chi connectivity index (χ4n) is 1.36. The first-order chi connectivity index (χ1) is 7.87. The summed E-state index contributed by atoms with van der Waals surface area (Å²) in [6, 6.07) is 9.46. The largest absolute Gasteiger partial charge is 0.600 e. The van der Waals surface area contributed by atoms with Gasteiger partial charge in [-0.1, -0.05) is 23.1 Å². The molecule has 0 bridgehead atoms. The summed E-state index contributed by atoms with van der Waals surface area (Å²) in [4.78, 5) is 0.702. The zero-order valence-electron chi connectivity index (χ0n) is 10.9. The molecule has 1 atom stereocenters. The molecule has 0 aliphatic carbocycles. The van der Waals surface area contributed by atoms with Crippen LogP contribution in [-0.4, -0.2) is 23.0 Å². The molecule has 1 rings (SSSR count). The second-order valence-corrected chi connectivity index (χ2v) is 5.05. The molecular formula is C13H20N2O2. The van der Waals surface area contributed by atoms with E-state index in [9.17, 15) is 5.21 Å². The van der Waals surface area contributed by atoms with Crippen molar-refractivity contribution in [3.8, 4) is 5.75 Å². The van der Waals surface area contributed by atoms with Crippen LogP contribution < -0.4 is 4.74 Å². The molecular weight excluding hydrogens is 216 g/mol. The number of benzene rings is 1. The van der Waals surface area contributed by atoms with Gasteiger partial charge in [-0.15, -0.1) is 0 Å². The zero-order chi connectivity index (χ0) is 12.9. The Morgan fingerprint density at radius 3 is 2.41 bits per heavy atom. The molecule has 0 aliphatic heterocycles. The molecule has 0 saturated heterocycles. The first-order valence-electron chi connectivity index (χ1n) is 5.76. The Labute approximate surface area is 103 Å². The molecule has 1 unspecified atom stereocenters. The highest BCUT2D eigenvalue weighted by Gasteiger charge is 2.15. The third-order valence-electron chi connectivity index (χ3n) is 1.91. The molecule has 17 heavy (non-hydrogen) atoms. The van der Waals surface area contributed by atoms with Crippen molar-refractivity contribution in [1.82, 2.24) is 0 Å². The second kappa shape index (κ2) is 5.66. The first kappa shape index (κ1) is 13.5. The summed E-state index contributed by atoms with van der Waals surface area (Å²) >= 11 is 0. The number of azo groups is 1. The van der Waals surface area contributed by atoms with Gasteiger partial charge < -0.3 is 9.94 Å². The molecule has 0 aliphatic rings. The van der Waals surface area contributed by atoms with Crippen LogP contribution in [0.25, 0.3) is 0 Å². The highest BCUT2D eigenvalue weighted by Crippen LogP contribution is 2.11. The van der Waals surface area contributed by atoms with Crippen molar-refractivity contribution in [2.45, 2.75) is 39.3 Å². The highest BCUT2D eigenvalue weighted by atomic mass is 16.5. The van der Waals surface area contributed by atoms with Gasteiger partial charge in [0.15, 0.2) is 6.10 Å². The van der Waals surface area contributed by atoms with Gasteiger partial charge in [0.05, 0.1) is 0 Å². The van der Waals surface area contributed by atoms with Gasteiger partial charge in [0, 0.05) is 0 Å². The minimum absolute atomic E-state index is 0.194. The topological polar surface area (TPSA) is 47.7 Å². The molecule has 0 N–H and O–H groups in total. The monoisotopic (exact) mass is 236 g/mol. The SMILES string of the molecule is CC(C[N+]([O-])=NC(C)(C)C)Oc1ccccc1. The number of ether oxygens (including phenoxy) is 1. The maximum atomic E-state index is 11.5. The van der Waals surface area contributed by atoms with Crippen molar-refractivity contribution in [1.29, 1.82) is 0 Å². The molecule has 4 nitrogen and oxygen atoms in total. The summed E-state index contributed by atoms with van der Waals surface area (Å²) < 4.78 is 5.60. The maximum Gasteiger partial charge on any atom is 0.216 e. The maximum absolute atomic E-state index is 11.5. The van der Waals surface area contributed by atoms with Crippen molar-refractivity contribution < 1.29 is 9.60 Å². The Hall–Kier alpha value is -1.58. The third kappa shape index (κ3) is 5.90. The van der Waals surface area contributed by atoms with Crippen LogP contribution >= 0.6 is 0 Å². The molecule has 0 heterocycles. The van der Waals surface area contributed by atoms with Crippen LogP contribution in [0.4, 0.5) is 0 Å². The number of hydrogen-bond acceptors (Lipinski definition) is 3. The van der Waals surface area contributed by atoms with Gasteiger partial charge in [-0.25, -0.2) is 0 Å². The van der Waals surface area contributed by atoms with Crippen LogP contribution in [0.15, 0.2) is 35.4 Å². The lowest BCUT2D eigenvalue weighted by molar-refractivity contribution is -0.542. The van der Waals surface area contributed by atoms with Gasteiger partial charge in [0.2, 0.25) is 6.54 Å². The average Bonchev–Trinajstić information content (AvgIpc) is 2.15. The Morgan fingerprint density at radius 2 is 1.88 bits per heavy atom. The van der Waals surface area contributed by atoms with Crippen LogP contribution in [0, 0.1) is 5.21 Å². The molecule has 0 spiro atoms. The van der Waals surface area contributed by atoms with E-state index in [1.807, 2.05) is 58.0 Å². The number of hydroxylamine groups is 1. The zero-order valence-corrected chi connectivity index (χ0v) is 10.9. The molecule has 0 fully saturated rings. The fourth-order valence-corrected chi connectivity index (χ4v) is 1.36. The predicted molar refractivity (Wildman–Crippen MR) is 67.2 cm³/mol. The molecule has 0 aromatic heterocycles. The summed E-state index contributed by atoms with van der Waals surface area (Å²) in [6.07, 6.45) is -0.194. The van der Waals surface area contributed by atoms with E-state index in [0.717, 1.165) is 5.75 Å². The van der Waals surface area contributed by atoms with E-state index in [0.29, 0.717) is 4.86 Å². The molecule has 0 radical (unpaired) electrons. The van der Waals surface area contributed by atoms with E-state index in [4.69, 9.17) is 4.74 Å². The lowest BCUT2D eigenvalue weighted by Gasteiger charge is -2.15. The van der Waals surface area contributed by atoms with Gasteiger partial charge in [-0.05, 0) is 44.9 Å². The summed E-state index contributed by atoms with van der Waals surface area (Å²) in [7, 11) is 0. The van der Waals surface area contributed by atoms with Crippen LogP contribution in [0.3, 0.4) is 0 Å². The average molecular weight is 236 g/mol. The smallest absolute Gasteiger partial charge is 0.216 e. The Kier molecular flexibility index (Phi) is 4.49. The minimum Gasteiger partial charge on any atom is -0.600 e. The molecule has 0 amide bonds. The molecule has 0 saturated carbocycles. The van der Waals surface area contributed by atoms with Gasteiger partial charge in [0.1, 0.15) is 11.3 Å². The highest BCUT2D eigenvalue weighted by molar-refractivity contribution is 5.21. The summed E-state index contributed by atoms with van der Waals surface area (Å²) in [6.45, 7) is 7.75. The van der Waals surface area contributed by atoms with Crippen LogP contribution in [-0.2, 0) is 0 Å². The number of hydrogen-bond donors (Lipinski definition) is 0. The van der Waals surface area contributed by atoms with Crippen molar-refractivity contribution in [2.75, 3.05) is 6.54 Å². The van der Waals surface area contributed by atoms with Crippen molar-refractivity contribution in [3.05, 3.63) is 35.5 Å². The lowest BCUT2D eigenvalue weighted by Crippen LogP contribution is -2.25. The fraction of sp³-hybridized carbons (Fsp3) is 0.538. The van der Waals surface area contributed by atoms with Crippen LogP contribution in [0.2, 0.25) is 0 Å². The van der Waals surface area contributed by atoms with Crippen LogP contribution in [0.1, 0.15) is 27.7 Å². The van der Waals surface area contributed by atoms with E-state index in [-0.39, 0.29) is 18.2 Å². The van der Waals surface area contributed by atoms with Gasteiger partial charge in [-0.3, -0.25) is 0 Å². The number of nitrogens with zero attached hydrogens (tertiary/aromatic N) is 2. The Bertz CT molecular complexity index is 369. The van der Waals surface area contributed by atoms with Crippen molar-refractivity contribution in [3.63, 3.8) is 0 Å². The minimum atomic E-state index is -0.353. The van der Waals surface area contributed by atoms with Crippen LogP contribution in [0.5, 0.6) is 5.75 Å². The molecule has 4 heteroatoms. The summed E-state index contributed by atoms with van der Waals surface area (Å²) in [5.74, 6) is 0.768. The Balaban J connectivity index is 2.50. The van der Waals surface area contributed by atoms with Gasteiger partial charge in [-0.2, -0.15) is 0 Å². The second-order valence-electron chi connectivity index (χ2n) is 5.05. The third-order valence-corrected chi connectivity index (χ3v) is 1.91. The summed E-state index contributed by atoms with van der Waals surface area (Å²) in [5, 5.41) is 15.5. The number of para-hydroxylation sites is 1. The normalized spacial score (nSPS) is 14.5. The lowest BCUT2D eigenvalue weighted by atomic mass is 10.1. The van der Waals surface area contributed by atoms with E-state index < -0.39 is 0 Å². The molecule has 1 aromatic rings. The Morgan fingerprint density at radius 1 is 1.29 bits per heavy atom. The van der Waals surface area contributed by atoms with Crippen molar-refractivity contribution in [2.24, 2.45) is 5.11 Å². The summed E-state index contributed by atoms with van der Waals surface area (Å²) in [5.41, 5.74) is -0.353. The molecule has 94 valence electrons.